The Hall–Kier alpha value is -2.01. The fraction of sp³-hybridized carbons (Fsp3) is 0.214. The molecule has 0 aliphatic rings. The molecule has 3 heterocycles. The lowest BCUT2D eigenvalue weighted by Gasteiger charge is -2.06. The molecular formula is C14H14N4S. The van der Waals surface area contributed by atoms with Gasteiger partial charge in [0.2, 0.25) is 0 Å². The highest BCUT2D eigenvalue weighted by molar-refractivity contribution is 7.09. The standard InChI is InChI=1S/C14H14N4S/c1-10-9-19-12(18-10)5-8-17-14-13-11(4-7-16-14)3-2-6-15-13/h2-4,6-7,9H,5,8H2,1H3,(H,16,17). The van der Waals surface area contributed by atoms with E-state index in [1.54, 1.807) is 23.7 Å². The zero-order valence-corrected chi connectivity index (χ0v) is 11.4. The van der Waals surface area contributed by atoms with Crippen molar-refractivity contribution in [3.8, 4) is 0 Å². The van der Waals surface area contributed by atoms with E-state index in [1.165, 1.54) is 0 Å². The zero-order chi connectivity index (χ0) is 13.1. The lowest BCUT2D eigenvalue weighted by Crippen LogP contribution is -2.07. The van der Waals surface area contributed by atoms with Crippen molar-refractivity contribution in [3.05, 3.63) is 46.7 Å². The highest BCUT2D eigenvalue weighted by Crippen LogP contribution is 2.18. The fourth-order valence-corrected chi connectivity index (χ4v) is 2.71. The highest BCUT2D eigenvalue weighted by Gasteiger charge is 2.03. The molecule has 0 aliphatic heterocycles. The molecule has 5 heteroatoms. The van der Waals surface area contributed by atoms with Crippen molar-refractivity contribution in [2.75, 3.05) is 11.9 Å². The first-order valence-electron chi connectivity index (χ1n) is 6.17. The van der Waals surface area contributed by atoms with E-state index in [0.717, 1.165) is 40.4 Å². The number of pyridine rings is 2. The molecule has 0 amide bonds. The minimum Gasteiger partial charge on any atom is -0.368 e. The summed E-state index contributed by atoms with van der Waals surface area (Å²) in [5.74, 6) is 0.839. The molecule has 0 unspecified atom stereocenters. The fourth-order valence-electron chi connectivity index (χ4n) is 1.94. The van der Waals surface area contributed by atoms with Crippen LogP contribution in [0.2, 0.25) is 0 Å². The molecule has 0 saturated heterocycles. The second-order valence-corrected chi connectivity index (χ2v) is 5.24. The quantitative estimate of drug-likeness (QED) is 0.791. The van der Waals surface area contributed by atoms with Crippen LogP contribution in [0.1, 0.15) is 10.7 Å². The number of aromatic nitrogens is 3. The average molecular weight is 270 g/mol. The van der Waals surface area contributed by atoms with Gasteiger partial charge in [0.1, 0.15) is 5.52 Å². The minimum atomic E-state index is 0.815. The number of hydrogen-bond acceptors (Lipinski definition) is 5. The molecule has 19 heavy (non-hydrogen) atoms. The van der Waals surface area contributed by atoms with Gasteiger partial charge in [0.05, 0.1) is 5.01 Å². The van der Waals surface area contributed by atoms with Gasteiger partial charge in [-0.3, -0.25) is 4.98 Å². The first-order valence-corrected chi connectivity index (χ1v) is 7.05. The van der Waals surface area contributed by atoms with Gasteiger partial charge in [-0.05, 0) is 19.1 Å². The molecule has 0 atom stereocenters. The Morgan fingerprint density at radius 3 is 3.00 bits per heavy atom. The van der Waals surface area contributed by atoms with Gasteiger partial charge in [-0.1, -0.05) is 6.07 Å². The predicted octanol–water partition coefficient (Wildman–Crippen LogP) is 3.05. The van der Waals surface area contributed by atoms with Crippen LogP contribution < -0.4 is 5.32 Å². The Bertz CT molecular complexity index is 687. The van der Waals surface area contributed by atoms with Crippen LogP contribution in [0.5, 0.6) is 0 Å². The maximum atomic E-state index is 4.45. The smallest absolute Gasteiger partial charge is 0.152 e. The second kappa shape index (κ2) is 5.32. The number of aryl methyl sites for hydroxylation is 1. The van der Waals surface area contributed by atoms with E-state index < -0.39 is 0 Å². The Kier molecular flexibility index (Phi) is 3.37. The zero-order valence-electron chi connectivity index (χ0n) is 10.6. The molecule has 0 saturated carbocycles. The van der Waals surface area contributed by atoms with Crippen molar-refractivity contribution in [1.82, 2.24) is 15.0 Å². The summed E-state index contributed by atoms with van der Waals surface area (Å²) in [6, 6.07) is 5.95. The molecule has 3 rings (SSSR count). The van der Waals surface area contributed by atoms with E-state index >= 15 is 0 Å². The van der Waals surface area contributed by atoms with Crippen LogP contribution in [0.4, 0.5) is 5.82 Å². The molecular weight excluding hydrogens is 256 g/mol. The second-order valence-electron chi connectivity index (χ2n) is 4.29. The molecule has 0 aliphatic carbocycles. The molecule has 0 fully saturated rings. The van der Waals surface area contributed by atoms with Crippen molar-refractivity contribution >= 4 is 28.1 Å². The molecule has 3 aromatic rings. The van der Waals surface area contributed by atoms with Crippen LogP contribution >= 0.6 is 11.3 Å². The lowest BCUT2D eigenvalue weighted by atomic mass is 10.2. The van der Waals surface area contributed by atoms with E-state index in [-0.39, 0.29) is 0 Å². The van der Waals surface area contributed by atoms with Crippen LogP contribution in [-0.2, 0) is 6.42 Å². The van der Waals surface area contributed by atoms with E-state index in [9.17, 15) is 0 Å². The molecule has 0 aromatic carbocycles. The summed E-state index contributed by atoms with van der Waals surface area (Å²) in [4.78, 5) is 13.2. The van der Waals surface area contributed by atoms with Gasteiger partial charge in [0.15, 0.2) is 5.82 Å². The number of hydrogen-bond donors (Lipinski definition) is 1. The molecule has 3 aromatic heterocycles. The van der Waals surface area contributed by atoms with Crippen molar-refractivity contribution in [3.63, 3.8) is 0 Å². The SMILES string of the molecule is Cc1csc(CCNc2nccc3cccnc23)n1. The van der Waals surface area contributed by atoms with Gasteiger partial charge in [-0.15, -0.1) is 11.3 Å². The molecule has 0 radical (unpaired) electrons. The molecule has 4 nitrogen and oxygen atoms in total. The Morgan fingerprint density at radius 1 is 1.21 bits per heavy atom. The maximum Gasteiger partial charge on any atom is 0.152 e. The minimum absolute atomic E-state index is 0.815. The lowest BCUT2D eigenvalue weighted by molar-refractivity contribution is 0.979. The highest BCUT2D eigenvalue weighted by atomic mass is 32.1. The Balaban J connectivity index is 1.71. The first-order chi connectivity index (χ1) is 9.33. The number of rotatable bonds is 4. The average Bonchev–Trinajstić information content (AvgIpc) is 2.85. The van der Waals surface area contributed by atoms with Crippen LogP contribution in [0, 0.1) is 6.92 Å². The van der Waals surface area contributed by atoms with Crippen molar-refractivity contribution < 1.29 is 0 Å². The van der Waals surface area contributed by atoms with E-state index in [1.807, 2.05) is 25.1 Å². The maximum absolute atomic E-state index is 4.45. The summed E-state index contributed by atoms with van der Waals surface area (Å²) in [6.45, 7) is 2.83. The third-order valence-corrected chi connectivity index (χ3v) is 3.85. The normalized spacial score (nSPS) is 10.8. The molecule has 1 N–H and O–H groups in total. The van der Waals surface area contributed by atoms with Crippen molar-refractivity contribution in [2.24, 2.45) is 0 Å². The Labute approximate surface area is 115 Å². The topological polar surface area (TPSA) is 50.7 Å². The summed E-state index contributed by atoms with van der Waals surface area (Å²) in [5, 5.41) is 7.67. The third-order valence-electron chi connectivity index (χ3n) is 2.82. The summed E-state index contributed by atoms with van der Waals surface area (Å²) < 4.78 is 0. The van der Waals surface area contributed by atoms with Crippen molar-refractivity contribution in [1.29, 1.82) is 0 Å². The van der Waals surface area contributed by atoms with Gasteiger partial charge >= 0.3 is 0 Å². The Morgan fingerprint density at radius 2 is 2.16 bits per heavy atom. The number of fused-ring (bicyclic) bond motifs is 1. The monoisotopic (exact) mass is 270 g/mol. The molecule has 0 spiro atoms. The summed E-state index contributed by atoms with van der Waals surface area (Å²) >= 11 is 1.70. The summed E-state index contributed by atoms with van der Waals surface area (Å²) in [5.41, 5.74) is 2.00. The summed E-state index contributed by atoms with van der Waals surface area (Å²) in [6.07, 6.45) is 4.50. The third kappa shape index (κ3) is 2.71. The van der Waals surface area contributed by atoms with Crippen LogP contribution in [0.25, 0.3) is 10.9 Å². The van der Waals surface area contributed by atoms with Gasteiger partial charge < -0.3 is 5.32 Å². The summed E-state index contributed by atoms with van der Waals surface area (Å²) in [7, 11) is 0. The molecule has 96 valence electrons. The number of nitrogens with zero attached hydrogens (tertiary/aromatic N) is 3. The van der Waals surface area contributed by atoms with Gasteiger partial charge in [-0.2, -0.15) is 0 Å². The molecule has 0 bridgehead atoms. The van der Waals surface area contributed by atoms with E-state index in [4.69, 9.17) is 0 Å². The van der Waals surface area contributed by atoms with E-state index in [0.29, 0.717) is 0 Å². The largest absolute Gasteiger partial charge is 0.368 e. The van der Waals surface area contributed by atoms with Crippen LogP contribution in [-0.4, -0.2) is 21.5 Å². The van der Waals surface area contributed by atoms with E-state index in [2.05, 4.69) is 25.6 Å². The van der Waals surface area contributed by atoms with Crippen LogP contribution in [0.15, 0.2) is 36.0 Å². The van der Waals surface area contributed by atoms with Gasteiger partial charge in [0.25, 0.3) is 0 Å². The van der Waals surface area contributed by atoms with Crippen LogP contribution in [0.3, 0.4) is 0 Å². The van der Waals surface area contributed by atoms with Crippen molar-refractivity contribution in [2.45, 2.75) is 13.3 Å². The number of thiazole rings is 1. The van der Waals surface area contributed by atoms with Gasteiger partial charge in [-0.25, -0.2) is 9.97 Å². The number of anilines is 1. The number of nitrogens with one attached hydrogen (secondary N) is 1. The predicted molar refractivity (Wildman–Crippen MR) is 78.6 cm³/mol. The first kappa shape index (κ1) is 12.0. The van der Waals surface area contributed by atoms with Gasteiger partial charge in [0, 0.05) is 41.8 Å².